The number of carbonyl (C=O) groups excluding carboxylic acids is 2. The number of hydrogen-bond acceptors (Lipinski definition) is 3. The Hall–Kier alpha value is -1.99. The lowest BCUT2D eigenvalue weighted by Crippen LogP contribution is -2.58. The molecule has 2 rings (SSSR count). The Morgan fingerprint density at radius 2 is 2.05 bits per heavy atom. The number of nitrogens with zero attached hydrogens (tertiary/aromatic N) is 1. The van der Waals surface area contributed by atoms with Crippen molar-refractivity contribution in [3.63, 3.8) is 0 Å². The molecule has 1 N–H and O–H groups in total. The second kappa shape index (κ2) is 6.02. The molecule has 22 heavy (non-hydrogen) atoms. The lowest BCUT2D eigenvalue weighted by molar-refractivity contribution is -0.184. The van der Waals surface area contributed by atoms with Gasteiger partial charge in [-0.25, -0.2) is 0 Å². The van der Waals surface area contributed by atoms with E-state index in [0.717, 1.165) is 4.90 Å². The molecule has 8 heteroatoms. The standard InChI is InChI=1S/C14H17F3N2O3/c1-8-5-6-22-12(8)13(21)19-7-10(18-9(2)20)3-4-11(19)14(15,16)17/h5-6,10-11H,3-4,7H2,1-2H3,(H,18,20)/t10-,11-/m0/s1. The molecule has 0 aliphatic carbocycles. The summed E-state index contributed by atoms with van der Waals surface area (Å²) in [6.07, 6.45) is -3.33. The van der Waals surface area contributed by atoms with E-state index in [1.54, 1.807) is 6.92 Å². The molecule has 0 saturated carbocycles. The number of hydrogen-bond donors (Lipinski definition) is 1. The van der Waals surface area contributed by atoms with Crippen LogP contribution in [0.25, 0.3) is 0 Å². The summed E-state index contributed by atoms with van der Waals surface area (Å²) in [5.41, 5.74) is 0.479. The van der Waals surface area contributed by atoms with Crippen LogP contribution in [0.15, 0.2) is 16.7 Å². The van der Waals surface area contributed by atoms with Gasteiger partial charge in [-0.1, -0.05) is 0 Å². The van der Waals surface area contributed by atoms with Crippen LogP contribution in [0.5, 0.6) is 0 Å². The van der Waals surface area contributed by atoms with E-state index in [9.17, 15) is 22.8 Å². The Morgan fingerprint density at radius 1 is 1.36 bits per heavy atom. The molecular formula is C14H17F3N2O3. The fourth-order valence-electron chi connectivity index (χ4n) is 2.66. The molecule has 0 aromatic carbocycles. The van der Waals surface area contributed by atoms with Crippen molar-refractivity contribution in [2.45, 2.75) is 44.9 Å². The van der Waals surface area contributed by atoms with Crippen LogP contribution < -0.4 is 5.32 Å². The van der Waals surface area contributed by atoms with E-state index in [2.05, 4.69) is 5.32 Å². The maximum absolute atomic E-state index is 13.2. The highest BCUT2D eigenvalue weighted by Gasteiger charge is 2.48. The van der Waals surface area contributed by atoms with Crippen molar-refractivity contribution in [1.29, 1.82) is 0 Å². The van der Waals surface area contributed by atoms with Crippen molar-refractivity contribution in [3.8, 4) is 0 Å². The molecule has 1 aromatic heterocycles. The molecule has 2 atom stereocenters. The van der Waals surface area contributed by atoms with Crippen LogP contribution in [0.3, 0.4) is 0 Å². The quantitative estimate of drug-likeness (QED) is 0.910. The molecule has 1 aliphatic rings. The molecule has 2 heterocycles. The molecular weight excluding hydrogens is 301 g/mol. The van der Waals surface area contributed by atoms with Gasteiger partial charge in [-0.3, -0.25) is 9.59 Å². The summed E-state index contributed by atoms with van der Waals surface area (Å²) < 4.78 is 44.5. The van der Waals surface area contributed by atoms with Crippen molar-refractivity contribution < 1.29 is 27.2 Å². The van der Waals surface area contributed by atoms with Gasteiger partial charge in [0.2, 0.25) is 5.91 Å². The third-order valence-corrected chi connectivity index (χ3v) is 3.68. The van der Waals surface area contributed by atoms with E-state index < -0.39 is 24.2 Å². The maximum Gasteiger partial charge on any atom is 0.408 e. The van der Waals surface area contributed by atoms with E-state index in [4.69, 9.17) is 4.42 Å². The Morgan fingerprint density at radius 3 is 2.55 bits per heavy atom. The average Bonchev–Trinajstić information content (AvgIpc) is 2.82. The topological polar surface area (TPSA) is 62.6 Å². The second-order valence-electron chi connectivity index (χ2n) is 5.42. The highest BCUT2D eigenvalue weighted by molar-refractivity contribution is 5.93. The molecule has 1 aliphatic heterocycles. The van der Waals surface area contributed by atoms with Crippen LogP contribution >= 0.6 is 0 Å². The van der Waals surface area contributed by atoms with Crippen molar-refractivity contribution in [2.75, 3.05) is 6.54 Å². The number of likely N-dealkylation sites (tertiary alicyclic amines) is 1. The third kappa shape index (κ3) is 3.42. The monoisotopic (exact) mass is 318 g/mol. The van der Waals surface area contributed by atoms with Crippen molar-refractivity contribution in [3.05, 3.63) is 23.7 Å². The zero-order chi connectivity index (χ0) is 16.5. The maximum atomic E-state index is 13.2. The summed E-state index contributed by atoms with van der Waals surface area (Å²) in [5, 5.41) is 2.57. The number of amides is 2. The number of alkyl halides is 3. The van der Waals surface area contributed by atoms with Gasteiger partial charge in [0.15, 0.2) is 5.76 Å². The molecule has 0 bridgehead atoms. The lowest BCUT2D eigenvalue weighted by atomic mass is 9.97. The highest BCUT2D eigenvalue weighted by atomic mass is 19.4. The molecule has 2 amide bonds. The largest absolute Gasteiger partial charge is 0.459 e. The van der Waals surface area contributed by atoms with Crippen LogP contribution in [0.4, 0.5) is 13.2 Å². The first-order valence-corrected chi connectivity index (χ1v) is 6.89. The minimum Gasteiger partial charge on any atom is -0.459 e. The predicted molar refractivity (Wildman–Crippen MR) is 71.2 cm³/mol. The number of aryl methyl sites for hydroxylation is 1. The molecule has 1 fully saturated rings. The number of nitrogens with one attached hydrogen (secondary N) is 1. The van der Waals surface area contributed by atoms with E-state index in [1.165, 1.54) is 19.3 Å². The van der Waals surface area contributed by atoms with Gasteiger partial charge in [0, 0.05) is 25.1 Å². The molecule has 0 unspecified atom stereocenters. The first kappa shape index (κ1) is 16.4. The van der Waals surface area contributed by atoms with Gasteiger partial charge < -0.3 is 14.6 Å². The van der Waals surface area contributed by atoms with Crippen LogP contribution in [-0.2, 0) is 4.79 Å². The Kier molecular flexibility index (Phi) is 4.48. The molecule has 1 saturated heterocycles. The van der Waals surface area contributed by atoms with E-state index >= 15 is 0 Å². The number of piperidine rings is 1. The molecule has 1 aromatic rings. The van der Waals surface area contributed by atoms with Gasteiger partial charge in [0.05, 0.1) is 6.26 Å². The summed E-state index contributed by atoms with van der Waals surface area (Å²) in [4.78, 5) is 24.2. The normalized spacial score (nSPS) is 22.5. The van der Waals surface area contributed by atoms with Gasteiger partial charge in [-0.05, 0) is 25.8 Å². The van der Waals surface area contributed by atoms with E-state index in [1.807, 2.05) is 0 Å². The SMILES string of the molecule is CC(=O)N[C@H]1CC[C@@H](C(F)(F)F)N(C(=O)c2occc2C)C1. The van der Waals surface area contributed by atoms with Gasteiger partial charge in [-0.15, -0.1) is 0 Å². The first-order valence-electron chi connectivity index (χ1n) is 6.89. The second-order valence-corrected chi connectivity index (χ2v) is 5.42. The predicted octanol–water partition coefficient (Wildman–Crippen LogP) is 2.26. The lowest BCUT2D eigenvalue weighted by Gasteiger charge is -2.40. The van der Waals surface area contributed by atoms with Crippen molar-refractivity contribution in [2.24, 2.45) is 0 Å². The van der Waals surface area contributed by atoms with Gasteiger partial charge in [0.25, 0.3) is 5.91 Å². The van der Waals surface area contributed by atoms with E-state index in [0.29, 0.717) is 5.56 Å². The Balaban J connectivity index is 2.25. The molecule has 0 radical (unpaired) electrons. The van der Waals surface area contributed by atoms with Crippen molar-refractivity contribution in [1.82, 2.24) is 10.2 Å². The van der Waals surface area contributed by atoms with Crippen LogP contribution in [0.2, 0.25) is 0 Å². The minimum absolute atomic E-state index is 0.0993. The Labute approximate surface area is 125 Å². The van der Waals surface area contributed by atoms with Crippen LogP contribution in [0, 0.1) is 6.92 Å². The first-order chi connectivity index (χ1) is 10.2. The summed E-state index contributed by atoms with van der Waals surface area (Å²) in [6.45, 7) is 2.69. The zero-order valence-electron chi connectivity index (χ0n) is 12.2. The summed E-state index contributed by atoms with van der Waals surface area (Å²) in [7, 11) is 0. The van der Waals surface area contributed by atoms with Gasteiger partial charge in [-0.2, -0.15) is 13.2 Å². The fourth-order valence-corrected chi connectivity index (χ4v) is 2.66. The molecule has 5 nitrogen and oxygen atoms in total. The number of rotatable bonds is 2. The van der Waals surface area contributed by atoms with E-state index in [-0.39, 0.29) is 31.1 Å². The number of halogens is 3. The molecule has 122 valence electrons. The summed E-state index contributed by atoms with van der Waals surface area (Å²) in [5.74, 6) is -1.24. The zero-order valence-corrected chi connectivity index (χ0v) is 12.2. The summed E-state index contributed by atoms with van der Waals surface area (Å²) >= 11 is 0. The number of furan rings is 1. The van der Waals surface area contributed by atoms with Crippen molar-refractivity contribution >= 4 is 11.8 Å². The van der Waals surface area contributed by atoms with Gasteiger partial charge in [0.1, 0.15) is 6.04 Å². The fraction of sp³-hybridized carbons (Fsp3) is 0.571. The number of carbonyl (C=O) groups is 2. The molecule has 0 spiro atoms. The minimum atomic E-state index is -4.52. The van der Waals surface area contributed by atoms with Crippen LogP contribution in [-0.4, -0.2) is 41.5 Å². The average molecular weight is 318 g/mol. The smallest absolute Gasteiger partial charge is 0.408 e. The Bertz CT molecular complexity index is 568. The van der Waals surface area contributed by atoms with Crippen LogP contribution in [0.1, 0.15) is 35.9 Å². The van der Waals surface area contributed by atoms with Gasteiger partial charge >= 0.3 is 6.18 Å². The third-order valence-electron chi connectivity index (χ3n) is 3.68. The summed E-state index contributed by atoms with van der Waals surface area (Å²) in [6, 6.07) is -0.838. The highest BCUT2D eigenvalue weighted by Crippen LogP contribution is 2.33.